The second kappa shape index (κ2) is 8.24. The second-order valence-corrected chi connectivity index (χ2v) is 7.52. The number of anilines is 3. The minimum absolute atomic E-state index is 0.261. The van der Waals surface area contributed by atoms with Crippen LogP contribution in [0.25, 0.3) is 11.3 Å². The van der Waals surface area contributed by atoms with Crippen LogP contribution in [0.1, 0.15) is 12.8 Å². The maximum absolute atomic E-state index is 5.65. The van der Waals surface area contributed by atoms with Crippen molar-refractivity contribution in [1.82, 2.24) is 24.8 Å². The van der Waals surface area contributed by atoms with Gasteiger partial charge in [-0.3, -0.25) is 0 Å². The van der Waals surface area contributed by atoms with Crippen LogP contribution in [-0.4, -0.2) is 84.4 Å². The summed E-state index contributed by atoms with van der Waals surface area (Å²) in [6, 6.07) is 2.66. The lowest BCUT2D eigenvalue weighted by molar-refractivity contribution is 0.122. The predicted octanol–water partition coefficient (Wildman–Crippen LogP) is 0.883. The molecule has 28 heavy (non-hydrogen) atoms. The van der Waals surface area contributed by atoms with E-state index >= 15 is 0 Å². The van der Waals surface area contributed by atoms with Gasteiger partial charge in [0.25, 0.3) is 0 Å². The van der Waals surface area contributed by atoms with Crippen LogP contribution in [0.2, 0.25) is 0 Å². The number of morpholine rings is 1. The summed E-state index contributed by atoms with van der Waals surface area (Å²) < 4.78 is 5.48. The first-order chi connectivity index (χ1) is 13.6. The lowest BCUT2D eigenvalue weighted by Gasteiger charge is -2.36. The van der Waals surface area contributed by atoms with Gasteiger partial charge in [-0.25, -0.2) is 15.0 Å². The summed E-state index contributed by atoms with van der Waals surface area (Å²) in [5, 5.41) is 0. The van der Waals surface area contributed by atoms with E-state index in [1.807, 2.05) is 6.07 Å². The minimum Gasteiger partial charge on any atom is -0.378 e. The molecule has 2 N–H and O–H groups in total. The highest BCUT2D eigenvalue weighted by molar-refractivity contribution is 5.64. The van der Waals surface area contributed by atoms with Crippen molar-refractivity contribution >= 4 is 17.7 Å². The fraction of sp³-hybridized carbons (Fsp3) is 0.579. The van der Waals surface area contributed by atoms with Gasteiger partial charge in [0.2, 0.25) is 11.9 Å². The first-order valence-electron chi connectivity index (χ1n) is 9.81. The summed E-state index contributed by atoms with van der Waals surface area (Å²) in [6.45, 7) is 4.96. The number of nitrogens with zero attached hydrogens (tertiary/aromatic N) is 7. The fourth-order valence-corrected chi connectivity index (χ4v) is 3.72. The number of hydrogen-bond donors (Lipinski definition) is 1. The van der Waals surface area contributed by atoms with Crippen LogP contribution in [0.5, 0.6) is 0 Å². The second-order valence-electron chi connectivity index (χ2n) is 7.52. The Morgan fingerprint density at radius 2 is 1.68 bits per heavy atom. The predicted molar refractivity (Wildman–Crippen MR) is 109 cm³/mol. The Kier molecular flexibility index (Phi) is 5.54. The van der Waals surface area contributed by atoms with E-state index in [4.69, 9.17) is 20.4 Å². The lowest BCUT2D eigenvalue weighted by Crippen LogP contribution is -2.42. The monoisotopic (exact) mass is 384 g/mol. The molecule has 9 heteroatoms. The van der Waals surface area contributed by atoms with Gasteiger partial charge in [-0.05, 0) is 26.9 Å². The minimum atomic E-state index is 0.261. The van der Waals surface area contributed by atoms with E-state index in [0.717, 1.165) is 62.0 Å². The van der Waals surface area contributed by atoms with Gasteiger partial charge >= 0.3 is 0 Å². The highest BCUT2D eigenvalue weighted by atomic mass is 16.5. The van der Waals surface area contributed by atoms with Crippen LogP contribution in [0.4, 0.5) is 17.7 Å². The number of piperidine rings is 1. The van der Waals surface area contributed by atoms with E-state index in [1.165, 1.54) is 0 Å². The van der Waals surface area contributed by atoms with Gasteiger partial charge in [-0.2, -0.15) is 4.98 Å². The molecule has 9 nitrogen and oxygen atoms in total. The molecular formula is C19H28N8O. The summed E-state index contributed by atoms with van der Waals surface area (Å²) in [5.41, 5.74) is 7.31. The summed E-state index contributed by atoms with van der Waals surface area (Å²) in [4.78, 5) is 24.8. The van der Waals surface area contributed by atoms with Gasteiger partial charge in [0.05, 0.1) is 18.9 Å². The Labute approximate surface area is 165 Å². The Hall–Kier alpha value is -2.52. The van der Waals surface area contributed by atoms with E-state index in [9.17, 15) is 0 Å². The number of nitrogens with two attached hydrogens (primary N) is 1. The molecule has 2 aromatic heterocycles. The number of ether oxygens (including phenoxy) is 1. The summed E-state index contributed by atoms with van der Waals surface area (Å²) >= 11 is 0. The highest BCUT2D eigenvalue weighted by Gasteiger charge is 2.24. The smallest absolute Gasteiger partial charge is 0.228 e. The molecule has 0 amide bonds. The zero-order chi connectivity index (χ0) is 19.5. The zero-order valence-electron chi connectivity index (χ0n) is 16.6. The molecule has 2 aromatic rings. The Bertz CT molecular complexity index is 783. The zero-order valence-corrected chi connectivity index (χ0v) is 16.6. The third kappa shape index (κ3) is 4.15. The highest BCUT2D eigenvalue weighted by Crippen LogP contribution is 2.27. The number of aromatic nitrogens is 4. The molecule has 0 bridgehead atoms. The van der Waals surface area contributed by atoms with E-state index in [2.05, 4.69) is 38.8 Å². The van der Waals surface area contributed by atoms with Crippen molar-refractivity contribution in [1.29, 1.82) is 0 Å². The van der Waals surface area contributed by atoms with Crippen molar-refractivity contribution in [2.45, 2.75) is 18.9 Å². The maximum atomic E-state index is 5.65. The number of nitrogen functional groups attached to an aromatic ring is 1. The Balaban J connectivity index is 1.65. The molecule has 0 radical (unpaired) electrons. The standard InChI is InChI=1S/C19H28N8O/c1-25(2)15-3-5-26(6-4-15)17-11-16(14-12-21-18(20)22-13-14)23-19(24-17)27-7-9-28-10-8-27/h11-13,15H,3-10H2,1-2H3,(H2,20,21,22). The van der Waals surface area contributed by atoms with Crippen LogP contribution >= 0.6 is 0 Å². The average molecular weight is 384 g/mol. The topological polar surface area (TPSA) is 96.5 Å². The van der Waals surface area contributed by atoms with Crippen molar-refractivity contribution in [3.63, 3.8) is 0 Å². The van der Waals surface area contributed by atoms with E-state index in [-0.39, 0.29) is 5.95 Å². The molecule has 2 aliphatic rings. The first-order valence-corrected chi connectivity index (χ1v) is 9.81. The van der Waals surface area contributed by atoms with Gasteiger partial charge in [0, 0.05) is 56.2 Å². The summed E-state index contributed by atoms with van der Waals surface area (Å²) in [5.74, 6) is 1.96. The third-order valence-electron chi connectivity index (χ3n) is 5.48. The maximum Gasteiger partial charge on any atom is 0.228 e. The Morgan fingerprint density at radius 1 is 1.00 bits per heavy atom. The van der Waals surface area contributed by atoms with Crippen LogP contribution in [-0.2, 0) is 4.74 Å². The van der Waals surface area contributed by atoms with Crippen molar-refractivity contribution in [2.24, 2.45) is 0 Å². The van der Waals surface area contributed by atoms with Crippen molar-refractivity contribution < 1.29 is 4.74 Å². The fourth-order valence-electron chi connectivity index (χ4n) is 3.72. The Morgan fingerprint density at radius 3 is 2.32 bits per heavy atom. The molecule has 150 valence electrons. The molecule has 0 unspecified atom stereocenters. The van der Waals surface area contributed by atoms with Gasteiger partial charge in [-0.15, -0.1) is 0 Å². The van der Waals surface area contributed by atoms with Gasteiger partial charge in [0.15, 0.2) is 0 Å². The van der Waals surface area contributed by atoms with Crippen LogP contribution in [0.15, 0.2) is 18.5 Å². The van der Waals surface area contributed by atoms with E-state index < -0.39 is 0 Å². The van der Waals surface area contributed by atoms with Crippen LogP contribution < -0.4 is 15.5 Å². The van der Waals surface area contributed by atoms with Gasteiger partial charge < -0.3 is 25.2 Å². The number of rotatable bonds is 4. The largest absolute Gasteiger partial charge is 0.378 e. The van der Waals surface area contributed by atoms with Crippen molar-refractivity contribution in [3.05, 3.63) is 18.5 Å². The van der Waals surface area contributed by atoms with E-state index in [1.54, 1.807) is 12.4 Å². The number of hydrogen-bond acceptors (Lipinski definition) is 9. The molecule has 0 spiro atoms. The quantitative estimate of drug-likeness (QED) is 0.824. The van der Waals surface area contributed by atoms with Crippen LogP contribution in [0.3, 0.4) is 0 Å². The molecule has 4 heterocycles. The molecule has 4 rings (SSSR count). The molecule has 0 atom stereocenters. The molecule has 2 saturated heterocycles. The van der Waals surface area contributed by atoms with Crippen molar-refractivity contribution in [3.8, 4) is 11.3 Å². The molecule has 2 aliphatic heterocycles. The molecule has 2 fully saturated rings. The molecule has 0 aromatic carbocycles. The van der Waals surface area contributed by atoms with E-state index in [0.29, 0.717) is 19.3 Å². The average Bonchev–Trinajstić information content (AvgIpc) is 2.74. The summed E-state index contributed by atoms with van der Waals surface area (Å²) in [7, 11) is 4.31. The third-order valence-corrected chi connectivity index (χ3v) is 5.48. The first kappa shape index (κ1) is 18.8. The normalized spacial score (nSPS) is 18.7. The van der Waals surface area contributed by atoms with Crippen LogP contribution in [0, 0.1) is 0 Å². The molecule has 0 aliphatic carbocycles. The van der Waals surface area contributed by atoms with Crippen molar-refractivity contribution in [2.75, 3.05) is 69.0 Å². The van der Waals surface area contributed by atoms with Gasteiger partial charge in [0.1, 0.15) is 5.82 Å². The lowest BCUT2D eigenvalue weighted by atomic mass is 10.0. The molecular weight excluding hydrogens is 356 g/mol. The summed E-state index contributed by atoms with van der Waals surface area (Å²) in [6.07, 6.45) is 5.69. The van der Waals surface area contributed by atoms with Gasteiger partial charge in [-0.1, -0.05) is 0 Å². The molecule has 0 saturated carbocycles. The SMILES string of the molecule is CN(C)C1CCN(c2cc(-c3cnc(N)nc3)nc(N3CCOCC3)n2)CC1.